The third-order valence-corrected chi connectivity index (χ3v) is 3.90. The van der Waals surface area contributed by atoms with Gasteiger partial charge in [-0.1, -0.05) is 12.1 Å². The Morgan fingerprint density at radius 2 is 1.14 bits per heavy atom. The number of alkyl halides is 10. The number of hydrogen-bond donors (Lipinski definition) is 0. The lowest BCUT2D eigenvalue weighted by Crippen LogP contribution is -2.50. The fourth-order valence-electron chi connectivity index (χ4n) is 1.62. The van der Waals surface area contributed by atoms with E-state index >= 15 is 0 Å². The summed E-state index contributed by atoms with van der Waals surface area (Å²) < 4.78 is 114. The normalized spacial score (nSPS) is 15.8. The van der Waals surface area contributed by atoms with E-state index in [4.69, 9.17) is 11.6 Å². The summed E-state index contributed by atoms with van der Waals surface area (Å²) in [5, 5.41) is -2.63. The molecule has 10 heteroatoms. The van der Waals surface area contributed by atoms with Gasteiger partial charge in [0.25, 0.3) is 0 Å². The summed E-state index contributed by atoms with van der Waals surface area (Å²) in [7, 11) is 0. The number of hydrogen-bond acceptors (Lipinski definition) is 0. The van der Waals surface area contributed by atoms with Crippen LogP contribution in [0.5, 0.6) is 0 Å². The molecule has 1 rings (SSSR count). The summed E-state index contributed by atoms with van der Waals surface area (Å²) in [6, 6.07) is 1.74. The quantitative estimate of drug-likeness (QED) is 0.441. The molecule has 0 amide bonds. The molecule has 0 bridgehead atoms. The van der Waals surface area contributed by atoms with Crippen LogP contribution in [0.2, 0.25) is 0 Å². The molecule has 0 saturated heterocycles. The van der Waals surface area contributed by atoms with Crippen LogP contribution in [0.4, 0.5) is 39.5 Å². The van der Waals surface area contributed by atoms with Gasteiger partial charge in [-0.05, 0) is 24.6 Å². The molecule has 0 heterocycles. The van der Waals surface area contributed by atoms with Crippen molar-refractivity contribution < 1.29 is 39.5 Å². The van der Waals surface area contributed by atoms with Gasteiger partial charge in [0.15, 0.2) is 5.41 Å². The van der Waals surface area contributed by atoms with Gasteiger partial charge in [0.1, 0.15) is 0 Å². The molecule has 0 spiro atoms. The molecule has 0 saturated carbocycles. The summed E-state index contributed by atoms with van der Waals surface area (Å²) in [6.07, 6.45) is -16.2. The summed E-state index contributed by atoms with van der Waals surface area (Å²) in [5.74, 6) is 0. The first-order valence-corrected chi connectivity index (χ1v) is 6.00. The maximum atomic E-state index is 12.8. The van der Waals surface area contributed by atoms with Gasteiger partial charge in [-0.15, -0.1) is 11.6 Å². The van der Waals surface area contributed by atoms with Crippen LogP contribution in [0.3, 0.4) is 0 Å². The third kappa shape index (κ3) is 3.28. The smallest absolute Gasteiger partial charge is 0.170 e. The van der Waals surface area contributed by atoms with E-state index in [0.717, 1.165) is 0 Å². The average Bonchev–Trinajstić information content (AvgIpc) is 2.33. The predicted octanol–water partition coefficient (Wildman–Crippen LogP) is 6.12. The largest absolute Gasteiger partial charge is 0.416 e. The van der Waals surface area contributed by atoms with Crippen molar-refractivity contribution in [3.63, 3.8) is 0 Å². The van der Waals surface area contributed by atoms with Gasteiger partial charge in [0.05, 0.1) is 10.9 Å². The molecule has 0 aliphatic rings. The SMILES string of the molecule is CC(C(Cl)c1ccc(C(F)(F)F)cc1)(C(F)(F)F)C(F)(F)F. The minimum atomic E-state index is -5.74. The molecule has 1 aromatic carbocycles. The highest BCUT2D eigenvalue weighted by Gasteiger charge is 2.71. The van der Waals surface area contributed by atoms with Crippen molar-refractivity contribution >= 4 is 11.6 Å². The topological polar surface area (TPSA) is 0 Å². The van der Waals surface area contributed by atoms with Gasteiger partial charge in [-0.2, -0.15) is 39.5 Å². The lowest BCUT2D eigenvalue weighted by Gasteiger charge is -2.37. The Morgan fingerprint density at radius 1 is 0.773 bits per heavy atom. The van der Waals surface area contributed by atoms with Gasteiger partial charge in [0.2, 0.25) is 0 Å². The third-order valence-electron chi connectivity index (χ3n) is 3.22. The molecule has 22 heavy (non-hydrogen) atoms. The predicted molar refractivity (Wildman–Crippen MR) is 60.3 cm³/mol. The van der Waals surface area contributed by atoms with E-state index in [2.05, 4.69) is 0 Å². The first-order chi connectivity index (χ1) is 9.62. The summed E-state index contributed by atoms with van der Waals surface area (Å²) >= 11 is 5.33. The standard InChI is InChI=1S/C12H8ClF9/c1-9(11(17,18)19,12(20,21)22)8(13)6-2-4-7(5-3-6)10(14,15)16/h2-5,8H,1H3. The Balaban J connectivity index is 3.30. The van der Waals surface area contributed by atoms with E-state index in [-0.39, 0.29) is 6.92 Å². The molecule has 1 aromatic rings. The van der Waals surface area contributed by atoms with Crippen molar-refractivity contribution in [3.05, 3.63) is 35.4 Å². The molecule has 1 atom stereocenters. The minimum Gasteiger partial charge on any atom is -0.170 e. The molecular formula is C12H8ClF9. The van der Waals surface area contributed by atoms with Crippen LogP contribution >= 0.6 is 11.6 Å². The van der Waals surface area contributed by atoms with E-state index in [1.54, 1.807) is 0 Å². The molecule has 0 radical (unpaired) electrons. The maximum absolute atomic E-state index is 12.8. The van der Waals surface area contributed by atoms with Gasteiger partial charge in [0, 0.05) is 0 Å². The van der Waals surface area contributed by atoms with Crippen LogP contribution in [0.1, 0.15) is 23.4 Å². The highest BCUT2D eigenvalue weighted by molar-refractivity contribution is 6.21. The van der Waals surface area contributed by atoms with Crippen LogP contribution in [-0.2, 0) is 6.18 Å². The van der Waals surface area contributed by atoms with Gasteiger partial charge >= 0.3 is 18.5 Å². The first-order valence-electron chi connectivity index (χ1n) is 5.57. The Hall–Kier alpha value is -1.12. The molecule has 0 nitrogen and oxygen atoms in total. The van der Waals surface area contributed by atoms with Crippen molar-refractivity contribution in [2.45, 2.75) is 30.8 Å². The summed E-state index contributed by atoms with van der Waals surface area (Å²) in [5.41, 5.74) is -6.23. The summed E-state index contributed by atoms with van der Waals surface area (Å²) in [6.45, 7) is -0.137. The van der Waals surface area contributed by atoms with Crippen molar-refractivity contribution in [3.8, 4) is 0 Å². The molecule has 0 aliphatic carbocycles. The highest BCUT2D eigenvalue weighted by atomic mass is 35.5. The van der Waals surface area contributed by atoms with E-state index in [1.807, 2.05) is 0 Å². The van der Waals surface area contributed by atoms with Crippen molar-refractivity contribution in [1.82, 2.24) is 0 Å². The fourth-order valence-corrected chi connectivity index (χ4v) is 2.02. The van der Waals surface area contributed by atoms with Gasteiger partial charge < -0.3 is 0 Å². The highest BCUT2D eigenvalue weighted by Crippen LogP contribution is 2.59. The Bertz CT molecular complexity index is 495. The van der Waals surface area contributed by atoms with Crippen LogP contribution in [0.15, 0.2) is 24.3 Å². The second kappa shape index (κ2) is 5.50. The first kappa shape index (κ1) is 18.9. The zero-order chi connectivity index (χ0) is 17.6. The van der Waals surface area contributed by atoms with E-state index in [0.29, 0.717) is 24.3 Å². The van der Waals surface area contributed by atoms with Crippen LogP contribution in [0.25, 0.3) is 0 Å². The Labute approximate surface area is 123 Å². The molecule has 1 unspecified atom stereocenters. The maximum Gasteiger partial charge on any atom is 0.416 e. The Morgan fingerprint density at radius 3 is 1.41 bits per heavy atom. The van der Waals surface area contributed by atoms with Gasteiger partial charge in [-0.25, -0.2) is 0 Å². The second-order valence-corrected chi connectivity index (χ2v) is 5.12. The molecule has 0 aromatic heterocycles. The number of benzene rings is 1. The monoisotopic (exact) mass is 358 g/mol. The van der Waals surface area contributed by atoms with Crippen molar-refractivity contribution in [2.24, 2.45) is 5.41 Å². The zero-order valence-corrected chi connectivity index (χ0v) is 11.4. The summed E-state index contributed by atoms with van der Waals surface area (Å²) in [4.78, 5) is 0. The molecular weight excluding hydrogens is 351 g/mol. The number of rotatable bonds is 2. The Kier molecular flexibility index (Phi) is 4.74. The van der Waals surface area contributed by atoms with Crippen LogP contribution in [-0.4, -0.2) is 12.4 Å². The molecule has 0 aliphatic heterocycles. The lowest BCUT2D eigenvalue weighted by atomic mass is 9.81. The zero-order valence-electron chi connectivity index (χ0n) is 10.7. The molecule has 0 N–H and O–H groups in total. The number of halogens is 10. The fraction of sp³-hybridized carbons (Fsp3) is 0.500. The van der Waals surface area contributed by atoms with E-state index in [1.165, 1.54) is 0 Å². The second-order valence-electron chi connectivity index (χ2n) is 4.68. The minimum absolute atomic E-state index is 0.137. The van der Waals surface area contributed by atoms with E-state index < -0.39 is 40.4 Å². The van der Waals surface area contributed by atoms with Crippen LogP contribution < -0.4 is 0 Å². The lowest BCUT2D eigenvalue weighted by molar-refractivity contribution is -0.335. The van der Waals surface area contributed by atoms with Gasteiger partial charge in [-0.3, -0.25) is 0 Å². The van der Waals surface area contributed by atoms with Crippen molar-refractivity contribution in [1.29, 1.82) is 0 Å². The average molecular weight is 359 g/mol. The molecule has 126 valence electrons. The van der Waals surface area contributed by atoms with E-state index in [9.17, 15) is 39.5 Å². The van der Waals surface area contributed by atoms with Crippen LogP contribution in [0, 0.1) is 5.41 Å². The van der Waals surface area contributed by atoms with Crippen molar-refractivity contribution in [2.75, 3.05) is 0 Å². The molecule has 0 fully saturated rings.